The van der Waals surface area contributed by atoms with Crippen LogP contribution in [0.15, 0.2) is 0 Å². The topological polar surface area (TPSA) is 38.0 Å². The maximum Gasteiger partial charge on any atom is 0 e. The van der Waals surface area contributed by atoms with Crippen molar-refractivity contribution in [2.75, 3.05) is 6.67 Å². The second kappa shape index (κ2) is 29.2. The second-order valence-electron chi connectivity index (χ2n) is 1.48. The Bertz CT molecular complexity index is 55.8. The fourth-order valence-electron chi connectivity index (χ4n) is 0.283. The number of hydrogen-bond donors (Lipinski definition) is 0. The molecule has 8 heteroatoms. The van der Waals surface area contributed by atoms with Crippen molar-refractivity contribution in [3.63, 3.8) is 0 Å². The van der Waals surface area contributed by atoms with Gasteiger partial charge in [-0.15, -0.1) is 0 Å². The largest absolute Gasteiger partial charge is 0.603 e. The van der Waals surface area contributed by atoms with Crippen LogP contribution in [0.5, 0.6) is 0 Å². The minimum absolute atomic E-state index is 0. The van der Waals surface area contributed by atoms with Gasteiger partial charge in [-0.25, -0.2) is 0 Å². The fraction of sp³-hybridized carbons (Fsp3) is 0.200. The molecule has 0 fully saturated rings. The molecule has 0 radical (unpaired) electrons. The van der Waals surface area contributed by atoms with Crippen LogP contribution in [0.2, 0.25) is 0 Å². The van der Waals surface area contributed by atoms with Crippen LogP contribution in [0, 0.1) is 28.2 Å². The summed E-state index contributed by atoms with van der Waals surface area (Å²) in [7, 11) is 13.9. The predicted octanol–water partition coefficient (Wildman–Crippen LogP) is -0.120. The minimum Gasteiger partial charge on any atom is -0.603 e. The average Bonchev–Trinajstić information content (AvgIpc) is 1.27. The minimum atomic E-state index is 0. The van der Waals surface area contributed by atoms with Gasteiger partial charge in [-0.2, -0.15) is 0 Å². The van der Waals surface area contributed by atoms with Gasteiger partial charge >= 0.3 is 0 Å². The molecule has 0 aromatic rings. The summed E-state index contributed by atoms with van der Waals surface area (Å²) in [6, 6.07) is 0. The molecule has 0 spiro atoms. The summed E-state index contributed by atoms with van der Waals surface area (Å²) in [5.41, 5.74) is 0. The van der Waals surface area contributed by atoms with Crippen molar-refractivity contribution in [2.45, 2.75) is 0 Å². The van der Waals surface area contributed by atoms with Crippen LogP contribution in [-0.4, -0.2) is 21.9 Å². The van der Waals surface area contributed by atoms with Crippen LogP contribution >= 0.6 is 0 Å². The quantitative estimate of drug-likeness (QED) is 0.287. The molecule has 0 amide bonds. The van der Waals surface area contributed by atoms with E-state index < -0.39 is 0 Å². The van der Waals surface area contributed by atoms with Crippen molar-refractivity contribution in [2.24, 2.45) is 0 Å². The molecule has 0 aliphatic rings. The molecule has 84 valence electrons. The zero-order chi connectivity index (χ0) is 5.86. The Morgan fingerprint density at radius 1 is 0.692 bits per heavy atom. The summed E-state index contributed by atoms with van der Waals surface area (Å²) in [5, 5.41) is 0. The van der Waals surface area contributed by atoms with Crippen molar-refractivity contribution < 1.29 is 89.7 Å². The van der Waals surface area contributed by atoms with Gasteiger partial charge in [0.25, 0.3) is 0 Å². The Morgan fingerprint density at radius 2 is 0.846 bits per heavy atom. The molecule has 0 unspecified atom stereocenters. The van der Waals surface area contributed by atoms with Crippen LogP contribution in [0.25, 0.3) is 0 Å². The van der Waals surface area contributed by atoms with Gasteiger partial charge in [0.1, 0.15) is 0 Å². The van der Waals surface area contributed by atoms with Crippen molar-refractivity contribution in [1.82, 2.24) is 9.80 Å². The van der Waals surface area contributed by atoms with E-state index in [4.69, 9.17) is 0 Å². The van der Waals surface area contributed by atoms with Gasteiger partial charge < -0.3 is 43.5 Å². The summed E-state index contributed by atoms with van der Waals surface area (Å²) >= 11 is 0. The second-order valence-corrected chi connectivity index (χ2v) is 1.48. The first kappa shape index (κ1) is 46.7. The Hall–Kier alpha value is 1.63. The van der Waals surface area contributed by atoms with Crippen LogP contribution < -0.4 is 0 Å². The molecular formula is C5H12CmN2OW4-4. The molecule has 0 aliphatic carbocycles. The molecule has 0 bridgehead atoms. The fourth-order valence-corrected chi connectivity index (χ4v) is 0.283. The third-order valence-corrected chi connectivity index (χ3v) is 0.400. The first-order valence-corrected chi connectivity index (χ1v) is 1.90. The van der Waals surface area contributed by atoms with Gasteiger partial charge in [0.2, 0.25) is 0 Å². The van der Waals surface area contributed by atoms with Gasteiger partial charge in [-0.1, -0.05) is 6.67 Å². The van der Waals surface area contributed by atoms with Crippen LogP contribution in [0.4, 0.5) is 0 Å². The van der Waals surface area contributed by atoms with E-state index in [1.54, 1.807) is 0 Å². The van der Waals surface area contributed by atoms with E-state index in [1.165, 1.54) is 9.80 Å². The smallest absolute Gasteiger partial charge is 0 e. The molecule has 2 N–H and O–H groups in total. The Kier molecular flexibility index (Phi) is 105. The average molecular weight is 1100 g/mol. The molecule has 0 aliphatic heterocycles. The molecular weight excluding hydrogens is 1090 g/mol. The number of rotatable bonds is 2. The zero-order valence-corrected chi connectivity index (χ0v) is 21.6. The first-order valence-electron chi connectivity index (χ1n) is 1.90. The van der Waals surface area contributed by atoms with Gasteiger partial charge in [-0.05, 0) is 0 Å². The molecule has 0 rings (SSSR count). The van der Waals surface area contributed by atoms with Gasteiger partial charge in [0.05, 0.1) is 0 Å². The van der Waals surface area contributed by atoms with Gasteiger partial charge in [0, 0.05) is 84.3 Å². The maximum atomic E-state index is 3.48. The van der Waals surface area contributed by atoms with Crippen molar-refractivity contribution in [3.05, 3.63) is 28.2 Å². The van der Waals surface area contributed by atoms with Crippen LogP contribution in [0.1, 0.15) is 0 Å². The summed E-state index contributed by atoms with van der Waals surface area (Å²) in [4.78, 5) is 3.00. The molecule has 0 aromatic carbocycles. The van der Waals surface area contributed by atoms with E-state index in [9.17, 15) is 0 Å². The summed E-state index contributed by atoms with van der Waals surface area (Å²) < 4.78 is 0. The van der Waals surface area contributed by atoms with E-state index in [1.807, 2.05) is 0 Å². The van der Waals surface area contributed by atoms with E-state index in [0.717, 1.165) is 0 Å². The standard InChI is InChI=1S/C5H10N2.Cm.H2O.4W/c1-6(2)5-7(3)4;;;;;;/h1-5H2;;1H2;;;;/q-4;;;;;;. The van der Waals surface area contributed by atoms with E-state index >= 15 is 0 Å². The summed E-state index contributed by atoms with van der Waals surface area (Å²) in [6.07, 6.45) is 0. The van der Waals surface area contributed by atoms with Crippen LogP contribution in [0.3, 0.4) is 0 Å². The summed E-state index contributed by atoms with van der Waals surface area (Å²) in [6.45, 7) is 0.583. The monoisotopic (exact) mass is 1090 g/mol. The zero-order valence-electron chi connectivity index (χ0n) is 6.92. The Morgan fingerprint density at radius 3 is 0.846 bits per heavy atom. The van der Waals surface area contributed by atoms with E-state index in [-0.39, 0.29) is 89.7 Å². The van der Waals surface area contributed by atoms with E-state index in [2.05, 4.69) is 28.2 Å². The van der Waals surface area contributed by atoms with Crippen molar-refractivity contribution >= 4 is 0 Å². The molecule has 3 nitrogen and oxygen atoms in total. The van der Waals surface area contributed by atoms with Crippen molar-refractivity contribution in [3.8, 4) is 0 Å². The maximum absolute atomic E-state index is 3.48. The molecule has 0 aromatic heterocycles. The first-order chi connectivity index (χ1) is 3.13. The van der Waals surface area contributed by atoms with E-state index in [0.29, 0.717) is 6.67 Å². The summed E-state index contributed by atoms with van der Waals surface area (Å²) in [5.74, 6) is 0. The van der Waals surface area contributed by atoms with Crippen molar-refractivity contribution in [1.29, 1.82) is 0 Å². The van der Waals surface area contributed by atoms with Crippen LogP contribution in [-0.2, 0) is 84.3 Å². The molecule has 0 saturated heterocycles. The predicted molar refractivity (Wildman–Crippen MR) is 33.6 cm³/mol. The number of nitrogens with zero attached hydrogens (tertiary/aromatic N) is 2. The van der Waals surface area contributed by atoms with Gasteiger partial charge in [0.15, 0.2) is 0 Å². The van der Waals surface area contributed by atoms with Gasteiger partial charge in [-0.3, -0.25) is 0 Å². The SMILES string of the molecule is O.[CH2-]N([CH2-])CN([CH2-])[CH2-].[Cm].[W].[W].[W].[W]. The third kappa shape index (κ3) is 58.1. The normalized spacial score (nSPS) is 6.00. The third-order valence-electron chi connectivity index (χ3n) is 0.400. The number of hydrogen-bond acceptors (Lipinski definition) is 2. The molecule has 13 heavy (non-hydrogen) atoms. The molecule has 0 atom stereocenters. The molecule has 0 heterocycles. The molecule has 0 saturated carbocycles. The Labute approximate surface area is 133 Å². The Balaban J connectivity index is -0.0000000120.